The van der Waals surface area contributed by atoms with Gasteiger partial charge in [0.2, 0.25) is 0 Å². The second kappa shape index (κ2) is 5.74. The second-order valence-electron chi connectivity index (χ2n) is 5.03. The zero-order valence-electron chi connectivity index (χ0n) is 12.0. The minimum absolute atomic E-state index is 0.943. The quantitative estimate of drug-likeness (QED) is 0.734. The first-order valence-electron chi connectivity index (χ1n) is 6.75. The SMILES string of the molecule is Cc1ccc(-c2ccc(Nc3c(Br)cnn3C)cc2)cc1. The molecule has 0 unspecified atom stereocenters. The van der Waals surface area contributed by atoms with Crippen molar-refractivity contribution in [1.29, 1.82) is 0 Å². The Labute approximate surface area is 132 Å². The van der Waals surface area contributed by atoms with Gasteiger partial charge in [-0.1, -0.05) is 42.0 Å². The van der Waals surface area contributed by atoms with Crippen molar-refractivity contribution in [2.45, 2.75) is 6.92 Å². The predicted octanol–water partition coefficient (Wildman–Crippen LogP) is 4.90. The summed E-state index contributed by atoms with van der Waals surface area (Å²) in [5.41, 5.74) is 4.76. The smallest absolute Gasteiger partial charge is 0.142 e. The number of anilines is 2. The largest absolute Gasteiger partial charge is 0.340 e. The van der Waals surface area contributed by atoms with Gasteiger partial charge in [-0.15, -0.1) is 0 Å². The topological polar surface area (TPSA) is 29.9 Å². The number of aromatic nitrogens is 2. The lowest BCUT2D eigenvalue weighted by atomic mass is 10.0. The minimum Gasteiger partial charge on any atom is -0.340 e. The molecule has 3 rings (SSSR count). The van der Waals surface area contributed by atoms with Crippen LogP contribution in [0.3, 0.4) is 0 Å². The summed E-state index contributed by atoms with van der Waals surface area (Å²) in [6.07, 6.45) is 1.78. The van der Waals surface area contributed by atoms with Gasteiger partial charge in [0, 0.05) is 12.7 Å². The second-order valence-corrected chi connectivity index (χ2v) is 5.89. The van der Waals surface area contributed by atoms with Gasteiger partial charge in [0.05, 0.1) is 10.7 Å². The van der Waals surface area contributed by atoms with E-state index in [9.17, 15) is 0 Å². The number of hydrogen-bond acceptors (Lipinski definition) is 2. The van der Waals surface area contributed by atoms with Crippen LogP contribution in [-0.2, 0) is 7.05 Å². The van der Waals surface area contributed by atoms with E-state index in [1.807, 2.05) is 7.05 Å². The van der Waals surface area contributed by atoms with Crippen molar-refractivity contribution >= 4 is 27.4 Å². The molecule has 0 atom stereocenters. The van der Waals surface area contributed by atoms with Gasteiger partial charge in [-0.2, -0.15) is 5.10 Å². The maximum Gasteiger partial charge on any atom is 0.142 e. The van der Waals surface area contributed by atoms with Crippen molar-refractivity contribution in [3.8, 4) is 11.1 Å². The Balaban J connectivity index is 1.83. The molecular weight excluding hydrogens is 326 g/mol. The third-order valence-corrected chi connectivity index (χ3v) is 4.01. The lowest BCUT2D eigenvalue weighted by Crippen LogP contribution is -1.99. The average molecular weight is 342 g/mol. The zero-order chi connectivity index (χ0) is 14.8. The molecule has 106 valence electrons. The van der Waals surface area contributed by atoms with Gasteiger partial charge in [0.15, 0.2) is 0 Å². The maximum absolute atomic E-state index is 4.19. The standard InChI is InChI=1S/C17H16BrN3/c1-12-3-5-13(6-4-12)14-7-9-15(10-8-14)20-17-16(18)11-19-21(17)2/h3-11,20H,1-2H3. The van der Waals surface area contributed by atoms with E-state index in [1.165, 1.54) is 16.7 Å². The molecule has 0 saturated carbocycles. The van der Waals surface area contributed by atoms with Crippen LogP contribution in [0.25, 0.3) is 11.1 Å². The van der Waals surface area contributed by atoms with Crippen LogP contribution < -0.4 is 5.32 Å². The number of benzene rings is 2. The van der Waals surface area contributed by atoms with E-state index in [0.29, 0.717) is 0 Å². The number of nitrogens with zero attached hydrogens (tertiary/aromatic N) is 2. The highest BCUT2D eigenvalue weighted by Gasteiger charge is 2.06. The average Bonchev–Trinajstić information content (AvgIpc) is 2.81. The number of hydrogen-bond donors (Lipinski definition) is 1. The molecule has 3 nitrogen and oxygen atoms in total. The number of nitrogens with one attached hydrogen (secondary N) is 1. The van der Waals surface area contributed by atoms with Crippen molar-refractivity contribution < 1.29 is 0 Å². The molecule has 0 spiro atoms. The Morgan fingerprint density at radius 3 is 2.05 bits per heavy atom. The Kier molecular flexibility index (Phi) is 3.80. The molecule has 0 saturated heterocycles. The van der Waals surface area contributed by atoms with Crippen molar-refractivity contribution in [3.05, 3.63) is 64.8 Å². The van der Waals surface area contributed by atoms with Gasteiger partial charge in [-0.25, -0.2) is 0 Å². The van der Waals surface area contributed by atoms with Gasteiger partial charge in [-0.3, -0.25) is 4.68 Å². The lowest BCUT2D eigenvalue weighted by molar-refractivity contribution is 0.776. The molecule has 0 amide bonds. The molecule has 1 aromatic heterocycles. The van der Waals surface area contributed by atoms with E-state index in [2.05, 4.69) is 81.8 Å². The summed E-state index contributed by atoms with van der Waals surface area (Å²) < 4.78 is 2.76. The van der Waals surface area contributed by atoms with Crippen LogP contribution in [0, 0.1) is 6.92 Å². The van der Waals surface area contributed by atoms with Crippen LogP contribution in [0.5, 0.6) is 0 Å². The zero-order valence-corrected chi connectivity index (χ0v) is 13.6. The fraction of sp³-hybridized carbons (Fsp3) is 0.118. The van der Waals surface area contributed by atoms with E-state index in [1.54, 1.807) is 10.9 Å². The predicted molar refractivity (Wildman–Crippen MR) is 90.8 cm³/mol. The highest BCUT2D eigenvalue weighted by Crippen LogP contribution is 2.27. The Morgan fingerprint density at radius 1 is 0.952 bits per heavy atom. The van der Waals surface area contributed by atoms with Gasteiger partial charge >= 0.3 is 0 Å². The molecule has 1 N–H and O–H groups in total. The molecular formula is C17H16BrN3. The van der Waals surface area contributed by atoms with Crippen molar-refractivity contribution in [2.75, 3.05) is 5.32 Å². The fourth-order valence-corrected chi connectivity index (χ4v) is 2.63. The molecule has 0 aliphatic carbocycles. The van der Waals surface area contributed by atoms with E-state index in [-0.39, 0.29) is 0 Å². The summed E-state index contributed by atoms with van der Waals surface area (Å²) in [7, 11) is 1.91. The molecule has 1 heterocycles. The first-order valence-corrected chi connectivity index (χ1v) is 7.54. The maximum atomic E-state index is 4.19. The number of rotatable bonds is 3. The molecule has 21 heavy (non-hydrogen) atoms. The Hall–Kier alpha value is -2.07. The van der Waals surface area contributed by atoms with Crippen LogP contribution in [0.15, 0.2) is 59.2 Å². The van der Waals surface area contributed by atoms with Gasteiger partial charge in [0.25, 0.3) is 0 Å². The summed E-state index contributed by atoms with van der Waals surface area (Å²) in [6, 6.07) is 17.0. The molecule has 2 aromatic carbocycles. The summed E-state index contributed by atoms with van der Waals surface area (Å²) in [6.45, 7) is 2.10. The van der Waals surface area contributed by atoms with Crippen LogP contribution in [-0.4, -0.2) is 9.78 Å². The Bertz CT molecular complexity index is 723. The van der Waals surface area contributed by atoms with Crippen molar-refractivity contribution in [1.82, 2.24) is 9.78 Å². The molecule has 0 fully saturated rings. The van der Waals surface area contributed by atoms with E-state index < -0.39 is 0 Å². The fourth-order valence-electron chi connectivity index (χ4n) is 2.18. The van der Waals surface area contributed by atoms with E-state index >= 15 is 0 Å². The molecule has 0 aliphatic heterocycles. The molecule has 4 heteroatoms. The van der Waals surface area contributed by atoms with Gasteiger partial charge in [-0.05, 0) is 46.1 Å². The monoisotopic (exact) mass is 341 g/mol. The highest BCUT2D eigenvalue weighted by atomic mass is 79.9. The summed E-state index contributed by atoms with van der Waals surface area (Å²) in [5, 5.41) is 7.55. The van der Waals surface area contributed by atoms with Crippen molar-refractivity contribution in [2.24, 2.45) is 7.05 Å². The van der Waals surface area contributed by atoms with Crippen molar-refractivity contribution in [3.63, 3.8) is 0 Å². The summed E-state index contributed by atoms with van der Waals surface area (Å²) in [5.74, 6) is 0.943. The van der Waals surface area contributed by atoms with Gasteiger partial charge < -0.3 is 5.32 Å². The number of halogens is 1. The molecule has 3 aromatic rings. The lowest BCUT2D eigenvalue weighted by Gasteiger charge is -2.09. The number of aryl methyl sites for hydroxylation is 2. The molecule has 0 radical (unpaired) electrons. The van der Waals surface area contributed by atoms with Crippen LogP contribution in [0.4, 0.5) is 11.5 Å². The summed E-state index contributed by atoms with van der Waals surface area (Å²) >= 11 is 3.49. The van der Waals surface area contributed by atoms with Crippen LogP contribution >= 0.6 is 15.9 Å². The first kappa shape index (κ1) is 13.9. The van der Waals surface area contributed by atoms with E-state index in [4.69, 9.17) is 0 Å². The van der Waals surface area contributed by atoms with Gasteiger partial charge in [0.1, 0.15) is 5.82 Å². The molecule has 0 bridgehead atoms. The van der Waals surface area contributed by atoms with Crippen LogP contribution in [0.2, 0.25) is 0 Å². The Morgan fingerprint density at radius 2 is 1.52 bits per heavy atom. The third kappa shape index (κ3) is 3.00. The van der Waals surface area contributed by atoms with Crippen LogP contribution in [0.1, 0.15) is 5.56 Å². The third-order valence-electron chi connectivity index (χ3n) is 3.43. The first-order chi connectivity index (χ1) is 10.1. The summed E-state index contributed by atoms with van der Waals surface area (Å²) in [4.78, 5) is 0. The molecule has 0 aliphatic rings. The normalized spacial score (nSPS) is 10.6. The minimum atomic E-state index is 0.943. The highest BCUT2D eigenvalue weighted by molar-refractivity contribution is 9.10. The van der Waals surface area contributed by atoms with E-state index in [0.717, 1.165) is 16.0 Å².